The smallest absolute Gasteiger partial charge is 0.278 e. The van der Waals surface area contributed by atoms with Gasteiger partial charge in [-0.25, -0.2) is 9.97 Å². The summed E-state index contributed by atoms with van der Waals surface area (Å²) in [7, 11) is -1.16. The lowest BCUT2D eigenvalue weighted by Gasteiger charge is -2.43. The maximum absolute atomic E-state index is 12.9. The number of carbonyl (C=O) groups excluding carboxylic acids is 2. The van der Waals surface area contributed by atoms with Gasteiger partial charge in [0.2, 0.25) is 0 Å². The van der Waals surface area contributed by atoms with E-state index in [1.54, 1.807) is 36.4 Å². The summed E-state index contributed by atoms with van der Waals surface area (Å²) in [5, 5.41) is 9.27. The Bertz CT molecular complexity index is 1200. The summed E-state index contributed by atoms with van der Waals surface area (Å²) in [5.74, 6) is -0.849. The van der Waals surface area contributed by atoms with Crippen molar-refractivity contribution < 1.29 is 13.8 Å². The van der Waals surface area contributed by atoms with Crippen molar-refractivity contribution in [1.82, 2.24) is 9.97 Å². The molecule has 0 spiro atoms. The second-order valence-corrected chi connectivity index (χ2v) is 13.7. The molecule has 0 aliphatic carbocycles. The van der Waals surface area contributed by atoms with E-state index in [9.17, 15) is 9.59 Å². The van der Waals surface area contributed by atoms with Crippen LogP contribution >= 0.6 is 21.9 Å². The number of halogens is 1. The average molecular weight is 530 g/mol. The van der Waals surface area contributed by atoms with Gasteiger partial charge in [0, 0.05) is 45.6 Å². The van der Waals surface area contributed by atoms with Crippen molar-refractivity contribution >= 4 is 50.9 Å². The number of benzene rings is 2. The predicted molar refractivity (Wildman–Crippen MR) is 149 cm³/mol. The number of rotatable bonds is 9. The van der Waals surface area contributed by atoms with Gasteiger partial charge in [0.1, 0.15) is 0 Å². The fourth-order valence-electron chi connectivity index (χ4n) is 2.86. The average Bonchev–Trinajstić information content (AvgIpc) is 2.83. The number of carbonyl (C=O) groups is 2. The highest BCUT2D eigenvalue weighted by molar-refractivity contribution is 8.29. The van der Waals surface area contributed by atoms with Crippen LogP contribution in [0.15, 0.2) is 60.9 Å². The van der Waals surface area contributed by atoms with Crippen molar-refractivity contribution in [3.8, 4) is 0 Å². The van der Waals surface area contributed by atoms with Crippen molar-refractivity contribution in [3.63, 3.8) is 0 Å². The van der Waals surface area contributed by atoms with Crippen molar-refractivity contribution in [2.45, 2.75) is 25.5 Å². The molecule has 0 bridgehead atoms. The zero-order chi connectivity index (χ0) is 26.3. The molecule has 0 atom stereocenters. The Morgan fingerprint density at radius 2 is 1.50 bits per heavy atom. The largest absolute Gasteiger partial charge is 0.383 e. The Hall–Kier alpha value is -3.14. The fourth-order valence-corrected chi connectivity index (χ4v) is 3.84. The quantitative estimate of drug-likeness (QED) is 0.301. The molecule has 0 aliphatic heterocycles. The summed E-state index contributed by atoms with van der Waals surface area (Å²) >= 11 is 5.88. The molecule has 0 fully saturated rings. The van der Waals surface area contributed by atoms with Crippen LogP contribution in [-0.2, 0) is 4.18 Å². The first-order valence-corrected chi connectivity index (χ1v) is 14.1. The Kier molecular flexibility index (Phi) is 8.94. The van der Waals surface area contributed by atoms with Crippen molar-refractivity contribution in [2.24, 2.45) is 0 Å². The topological polar surface area (TPSA) is 105 Å². The van der Waals surface area contributed by atoms with Gasteiger partial charge < -0.3 is 20.1 Å². The van der Waals surface area contributed by atoms with Gasteiger partial charge in [0.25, 0.3) is 11.8 Å². The zero-order valence-electron chi connectivity index (χ0n) is 21.1. The maximum atomic E-state index is 12.9. The van der Waals surface area contributed by atoms with E-state index in [0.717, 1.165) is 5.69 Å². The fraction of sp³-hybridized carbons (Fsp3) is 0.308. The van der Waals surface area contributed by atoms with Crippen LogP contribution in [0.5, 0.6) is 0 Å². The van der Waals surface area contributed by atoms with E-state index in [2.05, 4.69) is 59.2 Å². The number of hydrogen-bond donors (Lipinski definition) is 3. The van der Waals surface area contributed by atoms with E-state index >= 15 is 0 Å². The number of aromatic nitrogens is 2. The van der Waals surface area contributed by atoms with Crippen LogP contribution in [0.2, 0.25) is 5.02 Å². The Labute approximate surface area is 218 Å². The molecule has 8 nitrogen and oxygen atoms in total. The van der Waals surface area contributed by atoms with Crippen LogP contribution in [0.1, 0.15) is 41.6 Å². The maximum Gasteiger partial charge on any atom is 0.278 e. The Morgan fingerprint density at radius 3 is 2.14 bits per heavy atom. The molecule has 0 radical (unpaired) electrons. The molecule has 2 aromatic carbocycles. The normalized spacial score (nSPS) is 12.1. The number of nitrogens with one attached hydrogen (secondary N) is 3. The van der Waals surface area contributed by atoms with Gasteiger partial charge in [-0.1, -0.05) is 32.4 Å². The zero-order valence-corrected chi connectivity index (χ0v) is 22.7. The van der Waals surface area contributed by atoms with Gasteiger partial charge in [-0.05, 0) is 61.0 Å². The highest BCUT2D eigenvalue weighted by Crippen LogP contribution is 2.53. The van der Waals surface area contributed by atoms with Crippen LogP contribution in [-0.4, -0.2) is 52.2 Å². The minimum atomic E-state index is -1.16. The minimum Gasteiger partial charge on any atom is -0.383 e. The number of amides is 2. The Morgan fingerprint density at radius 1 is 0.889 bits per heavy atom. The monoisotopic (exact) mass is 529 g/mol. The molecule has 3 aromatic rings. The van der Waals surface area contributed by atoms with Crippen LogP contribution in [0.25, 0.3) is 0 Å². The van der Waals surface area contributed by atoms with Gasteiger partial charge in [0.05, 0.1) is 6.61 Å². The first kappa shape index (κ1) is 27.4. The molecule has 1 heterocycles. The highest BCUT2D eigenvalue weighted by Gasteiger charge is 2.28. The molecule has 0 saturated heterocycles. The van der Waals surface area contributed by atoms with E-state index in [0.29, 0.717) is 29.4 Å². The predicted octanol–water partition coefficient (Wildman–Crippen LogP) is 5.84. The first-order valence-electron chi connectivity index (χ1n) is 11.4. The Balaban J connectivity index is 1.56. The third-order valence-corrected chi connectivity index (χ3v) is 9.64. The molecular weight excluding hydrogens is 498 g/mol. The molecule has 36 heavy (non-hydrogen) atoms. The summed E-state index contributed by atoms with van der Waals surface area (Å²) in [5.41, 5.74) is 1.88. The summed E-state index contributed by atoms with van der Waals surface area (Å²) in [6, 6.07) is 13.7. The van der Waals surface area contributed by atoms with Crippen LogP contribution in [0.3, 0.4) is 0 Å². The van der Waals surface area contributed by atoms with Gasteiger partial charge in [-0.15, -0.1) is 10.3 Å². The summed E-state index contributed by atoms with van der Waals surface area (Å²) in [6.07, 6.45) is 7.15. The molecule has 0 saturated carbocycles. The van der Waals surface area contributed by atoms with Crippen LogP contribution < -0.4 is 16.0 Å². The summed E-state index contributed by atoms with van der Waals surface area (Å²) in [4.78, 5) is 33.6. The molecule has 2 amide bonds. The number of anilines is 3. The standard InChI is InChI=1S/C26H32ClN5O3S/c1-26(2,3)36(4,5)35-17-16-28-20-10-12-21(13-11-20)31-25(34)22-23(30-15-14-29-22)32-24(33)18-6-8-19(27)9-7-18/h6-15,28H,16-17H2,1-5H3,(H,31,34)(H,30,32,33). The summed E-state index contributed by atoms with van der Waals surface area (Å²) < 4.78 is 6.25. The second kappa shape index (κ2) is 11.7. The molecule has 3 N–H and O–H groups in total. The van der Waals surface area contributed by atoms with E-state index in [4.69, 9.17) is 15.8 Å². The van der Waals surface area contributed by atoms with Crippen molar-refractivity contribution in [3.05, 3.63) is 77.2 Å². The molecule has 3 rings (SSSR count). The minimum absolute atomic E-state index is 0.00290. The van der Waals surface area contributed by atoms with Gasteiger partial charge in [0.15, 0.2) is 11.5 Å². The van der Waals surface area contributed by atoms with Gasteiger partial charge in [-0.3, -0.25) is 9.59 Å². The van der Waals surface area contributed by atoms with Crippen molar-refractivity contribution in [2.75, 3.05) is 41.6 Å². The lowest BCUT2D eigenvalue weighted by molar-refractivity contribution is 0.102. The lowest BCUT2D eigenvalue weighted by Crippen LogP contribution is -2.26. The molecule has 0 unspecified atom stereocenters. The van der Waals surface area contributed by atoms with E-state index in [1.165, 1.54) is 12.4 Å². The van der Waals surface area contributed by atoms with Gasteiger partial charge in [-0.2, -0.15) is 0 Å². The molecule has 192 valence electrons. The van der Waals surface area contributed by atoms with Crippen LogP contribution in [0.4, 0.5) is 17.2 Å². The summed E-state index contributed by atoms with van der Waals surface area (Å²) in [6.45, 7) is 7.87. The van der Waals surface area contributed by atoms with E-state index in [-0.39, 0.29) is 16.3 Å². The first-order chi connectivity index (χ1) is 17.0. The number of nitrogens with zero attached hydrogens (tertiary/aromatic N) is 2. The molecule has 1 aromatic heterocycles. The highest BCUT2D eigenvalue weighted by atomic mass is 35.5. The molecule has 10 heteroatoms. The van der Waals surface area contributed by atoms with E-state index in [1.807, 2.05) is 12.1 Å². The SMILES string of the molecule is CC(C)(C)S(C)(C)OCCNc1ccc(NC(=O)c2nccnc2NC(=O)c2ccc(Cl)cc2)cc1. The van der Waals surface area contributed by atoms with Crippen molar-refractivity contribution in [1.29, 1.82) is 0 Å². The molecular formula is C26H32ClN5O3S. The number of hydrogen-bond acceptors (Lipinski definition) is 6. The molecule has 0 aliphatic rings. The van der Waals surface area contributed by atoms with Crippen LogP contribution in [0, 0.1) is 0 Å². The van der Waals surface area contributed by atoms with Gasteiger partial charge >= 0.3 is 0 Å². The lowest BCUT2D eigenvalue weighted by atomic mass is 10.2. The van der Waals surface area contributed by atoms with E-state index < -0.39 is 22.1 Å². The third-order valence-electron chi connectivity index (χ3n) is 5.68. The third kappa shape index (κ3) is 7.43. The second-order valence-electron chi connectivity index (χ2n) is 9.34.